The van der Waals surface area contributed by atoms with Crippen molar-refractivity contribution < 1.29 is 4.74 Å². The Morgan fingerprint density at radius 1 is 0.519 bits per heavy atom. The minimum Gasteiger partial charge on any atom is -0.496 e. The molecule has 0 saturated heterocycles. The Kier molecular flexibility index (Phi) is 9.64. The standard InChI is InChI=1S/C51H64O/c1-31-25-42-40(33-19-21-35(22-20-33)48(3,4)5)17-16-18-41(42)38(31)23-24-39-32(2)26-44-43(39)30-45(51(12,13)14)47(52-15)46(44)34-27-36(49(6,7)8)29-37(28-34)50(9,10)11/h16-22,25-30,38-39H,23-24H2,1-15H3. The molecule has 0 N–H and O–H groups in total. The summed E-state index contributed by atoms with van der Waals surface area (Å²) in [6.45, 7) is 32.5. The zero-order chi connectivity index (χ0) is 38.1. The van der Waals surface area contributed by atoms with Crippen LogP contribution in [0.2, 0.25) is 0 Å². The van der Waals surface area contributed by atoms with Crippen molar-refractivity contribution in [3.05, 3.63) is 122 Å². The molecule has 0 heterocycles. The topological polar surface area (TPSA) is 9.23 Å². The number of hydrogen-bond acceptors (Lipinski definition) is 1. The zero-order valence-electron chi connectivity index (χ0n) is 35.0. The molecule has 0 spiro atoms. The highest BCUT2D eigenvalue weighted by molar-refractivity contribution is 5.88. The molecular formula is C51H64O. The number of rotatable bonds is 6. The van der Waals surface area contributed by atoms with Crippen molar-refractivity contribution in [2.24, 2.45) is 0 Å². The minimum atomic E-state index is -0.0735. The normalized spacial score (nSPS) is 17.5. The van der Waals surface area contributed by atoms with E-state index in [-0.39, 0.29) is 21.7 Å². The minimum absolute atomic E-state index is 0.0288. The second kappa shape index (κ2) is 13.2. The highest BCUT2D eigenvalue weighted by atomic mass is 16.5. The van der Waals surface area contributed by atoms with Crippen LogP contribution >= 0.6 is 0 Å². The van der Waals surface area contributed by atoms with Gasteiger partial charge in [0.05, 0.1) is 7.11 Å². The quantitative estimate of drug-likeness (QED) is 0.195. The zero-order valence-corrected chi connectivity index (χ0v) is 35.0. The van der Waals surface area contributed by atoms with Crippen LogP contribution in [0.4, 0.5) is 0 Å². The lowest BCUT2D eigenvalue weighted by molar-refractivity contribution is 0.398. The van der Waals surface area contributed by atoms with E-state index in [9.17, 15) is 0 Å². The van der Waals surface area contributed by atoms with Crippen molar-refractivity contribution in [2.45, 2.75) is 143 Å². The van der Waals surface area contributed by atoms with Crippen molar-refractivity contribution in [2.75, 3.05) is 7.11 Å². The molecular weight excluding hydrogens is 629 g/mol. The lowest BCUT2D eigenvalue weighted by Crippen LogP contribution is -2.17. The summed E-state index contributed by atoms with van der Waals surface area (Å²) in [5.41, 5.74) is 19.4. The van der Waals surface area contributed by atoms with Crippen molar-refractivity contribution in [3.8, 4) is 28.0 Å². The van der Waals surface area contributed by atoms with Crippen LogP contribution in [-0.2, 0) is 21.7 Å². The molecule has 1 heteroatoms. The highest BCUT2D eigenvalue weighted by Crippen LogP contribution is 2.53. The van der Waals surface area contributed by atoms with Gasteiger partial charge < -0.3 is 4.74 Å². The van der Waals surface area contributed by atoms with E-state index in [1.807, 2.05) is 7.11 Å². The van der Waals surface area contributed by atoms with E-state index in [1.165, 1.54) is 77.9 Å². The predicted molar refractivity (Wildman–Crippen MR) is 227 cm³/mol. The summed E-state index contributed by atoms with van der Waals surface area (Å²) < 4.78 is 6.43. The first kappa shape index (κ1) is 37.9. The largest absolute Gasteiger partial charge is 0.496 e. The maximum absolute atomic E-state index is 6.43. The maximum atomic E-state index is 6.43. The Morgan fingerprint density at radius 2 is 1.04 bits per heavy atom. The summed E-state index contributed by atoms with van der Waals surface area (Å²) >= 11 is 0. The molecule has 4 aromatic carbocycles. The first-order chi connectivity index (χ1) is 24.1. The Bertz CT molecular complexity index is 2020. The van der Waals surface area contributed by atoms with Gasteiger partial charge in [-0.05, 0) is 104 Å². The third-order valence-electron chi connectivity index (χ3n) is 11.9. The van der Waals surface area contributed by atoms with Crippen LogP contribution < -0.4 is 4.74 Å². The van der Waals surface area contributed by atoms with Crippen molar-refractivity contribution in [1.82, 2.24) is 0 Å². The summed E-state index contributed by atoms with van der Waals surface area (Å²) in [4.78, 5) is 0. The van der Waals surface area contributed by atoms with Gasteiger partial charge in [-0.2, -0.15) is 0 Å². The molecule has 2 aliphatic rings. The lowest BCUT2D eigenvalue weighted by atomic mass is 9.76. The Balaban J connectivity index is 1.41. The van der Waals surface area contributed by atoms with Crippen LogP contribution in [0, 0.1) is 0 Å². The smallest absolute Gasteiger partial charge is 0.131 e. The highest BCUT2D eigenvalue weighted by Gasteiger charge is 2.34. The molecule has 0 fully saturated rings. The third kappa shape index (κ3) is 7.10. The molecule has 52 heavy (non-hydrogen) atoms. The molecule has 2 aliphatic carbocycles. The molecule has 0 amide bonds. The first-order valence-corrected chi connectivity index (χ1v) is 19.6. The number of ether oxygens (including phenoxy) is 1. The van der Waals surface area contributed by atoms with E-state index in [2.05, 4.69) is 176 Å². The van der Waals surface area contributed by atoms with E-state index in [0.717, 1.165) is 18.6 Å². The van der Waals surface area contributed by atoms with Crippen LogP contribution in [0.3, 0.4) is 0 Å². The second-order valence-electron chi connectivity index (χ2n) is 20.0. The van der Waals surface area contributed by atoms with Gasteiger partial charge >= 0.3 is 0 Å². The molecule has 274 valence electrons. The summed E-state index contributed by atoms with van der Waals surface area (Å²) in [6.07, 6.45) is 7.18. The molecule has 0 bridgehead atoms. The molecule has 2 unspecified atom stereocenters. The number of fused-ring (bicyclic) bond motifs is 2. The number of allylic oxidation sites excluding steroid dienone is 2. The van der Waals surface area contributed by atoms with Gasteiger partial charge in [-0.15, -0.1) is 0 Å². The van der Waals surface area contributed by atoms with Gasteiger partial charge in [-0.1, -0.05) is 173 Å². The molecule has 1 nitrogen and oxygen atoms in total. The average molecular weight is 693 g/mol. The summed E-state index contributed by atoms with van der Waals surface area (Å²) in [7, 11) is 1.86. The number of hydrogen-bond donors (Lipinski definition) is 0. The van der Waals surface area contributed by atoms with E-state index in [0.29, 0.717) is 11.8 Å². The van der Waals surface area contributed by atoms with Gasteiger partial charge in [-0.3, -0.25) is 0 Å². The van der Waals surface area contributed by atoms with Crippen molar-refractivity contribution in [3.63, 3.8) is 0 Å². The molecule has 0 aliphatic heterocycles. The summed E-state index contributed by atoms with van der Waals surface area (Å²) in [6, 6.07) is 26.0. The molecule has 6 rings (SSSR count). The monoisotopic (exact) mass is 692 g/mol. The van der Waals surface area contributed by atoms with Gasteiger partial charge in [0, 0.05) is 23.0 Å². The summed E-state index contributed by atoms with van der Waals surface area (Å²) in [5, 5.41) is 0. The van der Waals surface area contributed by atoms with E-state index in [4.69, 9.17) is 4.74 Å². The van der Waals surface area contributed by atoms with E-state index < -0.39 is 0 Å². The Labute approximate surface area is 316 Å². The third-order valence-corrected chi connectivity index (χ3v) is 11.9. The number of benzene rings is 4. The Hall–Kier alpha value is -3.84. The van der Waals surface area contributed by atoms with Gasteiger partial charge in [-0.25, -0.2) is 0 Å². The fourth-order valence-electron chi connectivity index (χ4n) is 8.53. The summed E-state index contributed by atoms with van der Waals surface area (Å²) in [5.74, 6) is 1.82. The van der Waals surface area contributed by atoms with E-state index in [1.54, 1.807) is 0 Å². The van der Waals surface area contributed by atoms with Crippen molar-refractivity contribution >= 4 is 12.2 Å². The van der Waals surface area contributed by atoms with Crippen LogP contribution in [-0.4, -0.2) is 7.11 Å². The predicted octanol–water partition coefficient (Wildman–Crippen LogP) is 14.7. The van der Waals surface area contributed by atoms with Crippen molar-refractivity contribution in [1.29, 1.82) is 0 Å². The fourth-order valence-corrected chi connectivity index (χ4v) is 8.53. The van der Waals surface area contributed by atoms with Gasteiger partial charge in [0.15, 0.2) is 0 Å². The Morgan fingerprint density at radius 3 is 1.54 bits per heavy atom. The van der Waals surface area contributed by atoms with Crippen LogP contribution in [0.25, 0.3) is 34.4 Å². The van der Waals surface area contributed by atoms with Gasteiger partial charge in [0.2, 0.25) is 0 Å². The van der Waals surface area contributed by atoms with Gasteiger partial charge in [0.1, 0.15) is 5.75 Å². The average Bonchev–Trinajstić information content (AvgIpc) is 3.54. The first-order valence-electron chi connectivity index (χ1n) is 19.6. The number of methoxy groups -OCH3 is 1. The molecule has 0 saturated carbocycles. The fraction of sp³-hybridized carbons (Fsp3) is 0.451. The van der Waals surface area contributed by atoms with Crippen LogP contribution in [0.1, 0.15) is 166 Å². The molecule has 4 aromatic rings. The van der Waals surface area contributed by atoms with Crippen LogP contribution in [0.15, 0.2) is 77.9 Å². The van der Waals surface area contributed by atoms with Gasteiger partial charge in [0.25, 0.3) is 0 Å². The maximum Gasteiger partial charge on any atom is 0.131 e. The SMILES string of the molecule is COc1c(C(C)(C)C)cc2c(c1-c1cc(C(C)(C)C)cc(C(C)(C)C)c1)C=C(C)C2CCC1C(C)=Cc2c(-c3ccc(C(C)(C)C)cc3)cccc21. The lowest BCUT2D eigenvalue weighted by Gasteiger charge is -2.30. The molecule has 2 atom stereocenters. The second-order valence-corrected chi connectivity index (χ2v) is 20.0. The molecule has 0 aromatic heterocycles. The van der Waals surface area contributed by atoms with Crippen LogP contribution in [0.5, 0.6) is 5.75 Å². The molecule has 0 radical (unpaired) electrons. The van der Waals surface area contributed by atoms with E-state index >= 15 is 0 Å².